The van der Waals surface area contributed by atoms with E-state index in [-0.39, 0.29) is 12.3 Å². The number of anilines is 2. The van der Waals surface area contributed by atoms with Crippen LogP contribution in [0.25, 0.3) is 0 Å². The molecule has 2 N–H and O–H groups in total. The summed E-state index contributed by atoms with van der Waals surface area (Å²) < 4.78 is 10.4. The van der Waals surface area contributed by atoms with Crippen molar-refractivity contribution in [2.24, 2.45) is 5.92 Å². The van der Waals surface area contributed by atoms with Crippen molar-refractivity contribution < 1.29 is 24.2 Å². The summed E-state index contributed by atoms with van der Waals surface area (Å²) in [5.41, 5.74) is 1.70. The van der Waals surface area contributed by atoms with Crippen LogP contribution in [0, 0.1) is 5.92 Å². The van der Waals surface area contributed by atoms with Crippen molar-refractivity contribution in [2.45, 2.75) is 6.42 Å². The van der Waals surface area contributed by atoms with Crippen LogP contribution in [0.3, 0.4) is 0 Å². The van der Waals surface area contributed by atoms with Crippen LogP contribution in [0.15, 0.2) is 48.5 Å². The molecule has 0 aliphatic carbocycles. The van der Waals surface area contributed by atoms with Crippen LogP contribution in [-0.4, -0.2) is 68.8 Å². The maximum absolute atomic E-state index is 12.4. The fourth-order valence-corrected chi connectivity index (χ4v) is 3.65. The lowest BCUT2D eigenvalue weighted by molar-refractivity contribution is -0.144. The third-order valence-corrected chi connectivity index (χ3v) is 5.42. The zero-order chi connectivity index (χ0) is 22.2. The first kappa shape index (κ1) is 22.4. The number of hydrogen-bond donors (Lipinski definition) is 2. The quantitative estimate of drug-likeness (QED) is 0.635. The molecule has 1 fully saturated rings. The molecule has 8 nitrogen and oxygen atoms in total. The number of carbonyl (C=O) groups excluding carboxylic acids is 1. The van der Waals surface area contributed by atoms with Crippen LogP contribution in [0.2, 0.25) is 0 Å². The molecular weight excluding hydrogens is 398 g/mol. The standard InChI is InChI=1S/C23H29N3O5/c1-30-20-8-6-18(7-9-20)24-22(27)14-17(23(28)29)16-25-10-12-26(13-11-25)19-4-3-5-21(15-19)31-2/h3-9,15,17H,10-14,16H2,1-2H3,(H,24,27)(H,28,29)/t17-/m0/s1. The van der Waals surface area contributed by atoms with Crippen LogP contribution in [0.1, 0.15) is 6.42 Å². The molecule has 1 saturated heterocycles. The Labute approximate surface area is 182 Å². The normalized spacial score (nSPS) is 15.2. The summed E-state index contributed by atoms with van der Waals surface area (Å²) in [6.45, 7) is 3.40. The SMILES string of the molecule is COc1ccc(NC(=O)C[C@@H](CN2CCN(c3cccc(OC)c3)CC2)C(=O)O)cc1. The van der Waals surface area contributed by atoms with E-state index in [2.05, 4.69) is 15.1 Å². The molecule has 0 spiro atoms. The Morgan fingerprint density at radius 2 is 1.68 bits per heavy atom. The average Bonchev–Trinajstić information content (AvgIpc) is 2.79. The smallest absolute Gasteiger partial charge is 0.308 e. The Bertz CT molecular complexity index is 879. The molecule has 166 valence electrons. The van der Waals surface area contributed by atoms with Gasteiger partial charge in [0.15, 0.2) is 0 Å². The summed E-state index contributed by atoms with van der Waals surface area (Å²) in [6, 6.07) is 14.9. The minimum absolute atomic E-state index is 0.0720. The number of piperazine rings is 1. The molecule has 8 heteroatoms. The van der Waals surface area contributed by atoms with Gasteiger partial charge in [-0.05, 0) is 36.4 Å². The average molecular weight is 428 g/mol. The highest BCUT2D eigenvalue weighted by atomic mass is 16.5. The number of rotatable bonds is 9. The van der Waals surface area contributed by atoms with Crippen molar-refractivity contribution in [1.29, 1.82) is 0 Å². The summed E-state index contributed by atoms with van der Waals surface area (Å²) in [6.07, 6.45) is -0.0720. The monoisotopic (exact) mass is 427 g/mol. The fraction of sp³-hybridized carbons (Fsp3) is 0.391. The highest BCUT2D eigenvalue weighted by Crippen LogP contribution is 2.23. The molecule has 2 aromatic rings. The second kappa shape index (κ2) is 10.7. The molecule has 31 heavy (non-hydrogen) atoms. The number of benzene rings is 2. The van der Waals surface area contributed by atoms with Gasteiger partial charge in [0.2, 0.25) is 5.91 Å². The van der Waals surface area contributed by atoms with Crippen LogP contribution in [-0.2, 0) is 9.59 Å². The van der Waals surface area contributed by atoms with E-state index in [1.54, 1.807) is 38.5 Å². The minimum atomic E-state index is -0.958. The minimum Gasteiger partial charge on any atom is -0.497 e. The van der Waals surface area contributed by atoms with Crippen LogP contribution in [0.5, 0.6) is 11.5 Å². The van der Waals surface area contributed by atoms with Gasteiger partial charge in [0.1, 0.15) is 11.5 Å². The number of carboxylic acid groups (broad SMARTS) is 1. The Hall–Kier alpha value is -3.26. The predicted molar refractivity (Wildman–Crippen MR) is 119 cm³/mol. The summed E-state index contributed by atoms with van der Waals surface area (Å²) in [5, 5.41) is 12.4. The lowest BCUT2D eigenvalue weighted by Gasteiger charge is -2.37. The molecule has 0 bridgehead atoms. The summed E-state index contributed by atoms with van der Waals surface area (Å²) >= 11 is 0. The third-order valence-electron chi connectivity index (χ3n) is 5.42. The molecule has 1 heterocycles. The molecule has 2 aromatic carbocycles. The fourth-order valence-electron chi connectivity index (χ4n) is 3.65. The van der Waals surface area contributed by atoms with Crippen molar-refractivity contribution >= 4 is 23.3 Å². The maximum Gasteiger partial charge on any atom is 0.308 e. The first-order valence-corrected chi connectivity index (χ1v) is 10.3. The molecule has 0 unspecified atom stereocenters. The second-order valence-electron chi connectivity index (χ2n) is 7.51. The molecule has 1 atom stereocenters. The van der Waals surface area contributed by atoms with Gasteiger partial charge in [-0.1, -0.05) is 6.07 Å². The van der Waals surface area contributed by atoms with Gasteiger partial charge < -0.3 is 24.8 Å². The first-order chi connectivity index (χ1) is 15.0. The number of nitrogens with one attached hydrogen (secondary N) is 1. The number of carboxylic acids is 1. The van der Waals surface area contributed by atoms with E-state index in [1.807, 2.05) is 24.3 Å². The van der Waals surface area contributed by atoms with Gasteiger partial charge in [-0.2, -0.15) is 0 Å². The second-order valence-corrected chi connectivity index (χ2v) is 7.51. The largest absolute Gasteiger partial charge is 0.497 e. The van der Waals surface area contributed by atoms with E-state index in [9.17, 15) is 14.7 Å². The molecule has 0 aromatic heterocycles. The van der Waals surface area contributed by atoms with E-state index in [0.29, 0.717) is 18.0 Å². The number of ether oxygens (including phenoxy) is 2. The first-order valence-electron chi connectivity index (χ1n) is 10.3. The number of nitrogens with zero attached hydrogens (tertiary/aromatic N) is 2. The van der Waals surface area contributed by atoms with Gasteiger partial charge in [-0.25, -0.2) is 0 Å². The zero-order valence-electron chi connectivity index (χ0n) is 17.9. The number of aliphatic carboxylic acids is 1. The molecule has 0 saturated carbocycles. The Kier molecular flexibility index (Phi) is 7.72. The Balaban J connectivity index is 1.50. The molecule has 3 rings (SSSR count). The van der Waals surface area contributed by atoms with Gasteiger partial charge in [0, 0.05) is 56.6 Å². The van der Waals surface area contributed by atoms with E-state index in [1.165, 1.54) is 0 Å². The van der Waals surface area contributed by atoms with Crippen molar-refractivity contribution in [2.75, 3.05) is 57.2 Å². The molecule has 1 aliphatic heterocycles. The van der Waals surface area contributed by atoms with Crippen molar-refractivity contribution in [3.05, 3.63) is 48.5 Å². The van der Waals surface area contributed by atoms with E-state index < -0.39 is 11.9 Å². The van der Waals surface area contributed by atoms with Crippen LogP contribution in [0.4, 0.5) is 11.4 Å². The number of methoxy groups -OCH3 is 2. The highest BCUT2D eigenvalue weighted by Gasteiger charge is 2.26. The zero-order valence-corrected chi connectivity index (χ0v) is 17.9. The molecular formula is C23H29N3O5. The Morgan fingerprint density at radius 1 is 1.00 bits per heavy atom. The summed E-state index contributed by atoms with van der Waals surface area (Å²) in [5.74, 6) is -0.530. The van der Waals surface area contributed by atoms with Crippen LogP contribution < -0.4 is 19.7 Å². The topological polar surface area (TPSA) is 91.3 Å². The number of amides is 1. The lowest BCUT2D eigenvalue weighted by atomic mass is 10.0. The van der Waals surface area contributed by atoms with Crippen molar-refractivity contribution in [3.8, 4) is 11.5 Å². The van der Waals surface area contributed by atoms with Gasteiger partial charge in [0.05, 0.1) is 20.1 Å². The molecule has 1 aliphatic rings. The van der Waals surface area contributed by atoms with E-state index >= 15 is 0 Å². The maximum atomic E-state index is 12.4. The summed E-state index contributed by atoms with van der Waals surface area (Å²) in [7, 11) is 3.22. The molecule has 1 amide bonds. The lowest BCUT2D eigenvalue weighted by Crippen LogP contribution is -2.48. The van der Waals surface area contributed by atoms with Gasteiger partial charge >= 0.3 is 5.97 Å². The predicted octanol–water partition coefficient (Wildman–Crippen LogP) is 2.56. The summed E-state index contributed by atoms with van der Waals surface area (Å²) in [4.78, 5) is 28.5. The van der Waals surface area contributed by atoms with Crippen LogP contribution >= 0.6 is 0 Å². The Morgan fingerprint density at radius 3 is 2.29 bits per heavy atom. The van der Waals surface area contributed by atoms with Crippen molar-refractivity contribution in [3.63, 3.8) is 0 Å². The third kappa shape index (κ3) is 6.36. The van der Waals surface area contributed by atoms with Gasteiger partial charge in [0.25, 0.3) is 0 Å². The number of hydrogen-bond acceptors (Lipinski definition) is 6. The van der Waals surface area contributed by atoms with E-state index in [4.69, 9.17) is 9.47 Å². The number of carbonyl (C=O) groups is 2. The van der Waals surface area contributed by atoms with Crippen molar-refractivity contribution in [1.82, 2.24) is 4.90 Å². The van der Waals surface area contributed by atoms with E-state index in [0.717, 1.165) is 37.6 Å². The van der Waals surface area contributed by atoms with Gasteiger partial charge in [-0.3, -0.25) is 14.5 Å². The van der Waals surface area contributed by atoms with Gasteiger partial charge in [-0.15, -0.1) is 0 Å². The highest BCUT2D eigenvalue weighted by molar-refractivity contribution is 5.93. The molecule has 0 radical (unpaired) electrons.